The molecule has 1 N–H and O–H groups in total. The third-order valence-corrected chi connectivity index (χ3v) is 6.22. The van der Waals surface area contributed by atoms with Gasteiger partial charge in [0.2, 0.25) is 5.91 Å². The van der Waals surface area contributed by atoms with E-state index < -0.39 is 0 Å². The number of amides is 1. The van der Waals surface area contributed by atoms with E-state index in [0.29, 0.717) is 19.0 Å². The molecular formula is C23H27N3O3S. The van der Waals surface area contributed by atoms with Crippen LogP contribution in [-0.4, -0.2) is 34.4 Å². The summed E-state index contributed by atoms with van der Waals surface area (Å²) in [5, 5.41) is 4.02. The second kappa shape index (κ2) is 9.00. The van der Waals surface area contributed by atoms with Gasteiger partial charge in [-0.3, -0.25) is 4.79 Å². The maximum atomic E-state index is 12.7. The number of nitrogens with zero attached hydrogens (tertiary/aromatic N) is 2. The summed E-state index contributed by atoms with van der Waals surface area (Å²) in [6.07, 6.45) is 0.869. The second-order valence-corrected chi connectivity index (χ2v) is 8.72. The number of nitrogens with one attached hydrogen (secondary N) is 1. The molecule has 0 saturated heterocycles. The Balaban J connectivity index is 1.44. The molecule has 1 amide bonds. The van der Waals surface area contributed by atoms with E-state index >= 15 is 0 Å². The van der Waals surface area contributed by atoms with Crippen LogP contribution in [0.5, 0.6) is 11.5 Å². The number of para-hydroxylation sites is 2. The van der Waals surface area contributed by atoms with Gasteiger partial charge in [0.15, 0.2) is 16.7 Å². The summed E-state index contributed by atoms with van der Waals surface area (Å²) in [6, 6.07) is 13.8. The predicted molar refractivity (Wildman–Crippen MR) is 119 cm³/mol. The molecule has 1 aromatic heterocycles. The van der Waals surface area contributed by atoms with Crippen LogP contribution in [0.25, 0.3) is 11.0 Å². The first kappa shape index (κ1) is 20.6. The molecule has 3 aromatic rings. The Morgan fingerprint density at radius 3 is 2.70 bits per heavy atom. The number of fused-ring (bicyclic) bond motifs is 2. The van der Waals surface area contributed by atoms with Crippen LogP contribution in [0.1, 0.15) is 31.9 Å². The zero-order chi connectivity index (χ0) is 21.1. The van der Waals surface area contributed by atoms with E-state index in [1.165, 1.54) is 11.8 Å². The van der Waals surface area contributed by atoms with Crippen LogP contribution in [-0.2, 0) is 11.8 Å². The van der Waals surface area contributed by atoms with Crippen LogP contribution in [0.4, 0.5) is 0 Å². The number of hydrogen-bond donors (Lipinski definition) is 1. The van der Waals surface area contributed by atoms with Gasteiger partial charge in [0.1, 0.15) is 0 Å². The summed E-state index contributed by atoms with van der Waals surface area (Å²) in [6.45, 7) is 5.51. The van der Waals surface area contributed by atoms with Crippen molar-refractivity contribution >= 4 is 28.7 Å². The Morgan fingerprint density at radius 2 is 1.93 bits per heavy atom. The average Bonchev–Trinajstić information content (AvgIpc) is 2.90. The highest BCUT2D eigenvalue weighted by molar-refractivity contribution is 7.99. The highest BCUT2D eigenvalue weighted by Crippen LogP contribution is 2.34. The lowest BCUT2D eigenvalue weighted by atomic mass is 9.95. The molecule has 1 atom stereocenters. The number of thioether (sulfide) groups is 1. The zero-order valence-corrected chi connectivity index (χ0v) is 18.4. The van der Waals surface area contributed by atoms with Gasteiger partial charge in [0.25, 0.3) is 0 Å². The molecule has 0 saturated carbocycles. The fraction of sp³-hybridized carbons (Fsp3) is 0.391. The normalized spacial score (nSPS) is 14.5. The van der Waals surface area contributed by atoms with Crippen molar-refractivity contribution in [3.63, 3.8) is 0 Å². The molecule has 158 valence electrons. The Hall–Kier alpha value is -2.67. The molecule has 0 bridgehead atoms. The summed E-state index contributed by atoms with van der Waals surface area (Å²) in [7, 11) is 1.98. The van der Waals surface area contributed by atoms with Gasteiger partial charge in [-0.1, -0.05) is 43.8 Å². The van der Waals surface area contributed by atoms with Crippen LogP contribution < -0.4 is 14.8 Å². The fourth-order valence-electron chi connectivity index (χ4n) is 3.61. The highest BCUT2D eigenvalue weighted by Gasteiger charge is 2.21. The molecule has 0 unspecified atom stereocenters. The number of rotatable bonds is 6. The number of hydrogen-bond acceptors (Lipinski definition) is 5. The van der Waals surface area contributed by atoms with Crippen molar-refractivity contribution in [2.45, 2.75) is 31.5 Å². The van der Waals surface area contributed by atoms with Crippen LogP contribution in [0.3, 0.4) is 0 Å². The SMILES string of the molecule is CC(C)[C@H](NC(=O)CSc1nc2ccccc2n1C)c1ccc2c(c1)OCCCO2. The number of aromatic nitrogens is 2. The number of carbonyl (C=O) groups is 1. The van der Waals surface area contributed by atoms with Gasteiger partial charge >= 0.3 is 0 Å². The van der Waals surface area contributed by atoms with Gasteiger partial charge in [0, 0.05) is 13.5 Å². The summed E-state index contributed by atoms with van der Waals surface area (Å²) >= 11 is 1.45. The van der Waals surface area contributed by atoms with Crippen molar-refractivity contribution < 1.29 is 14.3 Å². The molecule has 4 rings (SSSR count). The summed E-state index contributed by atoms with van der Waals surface area (Å²) in [4.78, 5) is 17.4. The lowest BCUT2D eigenvalue weighted by Gasteiger charge is -2.24. The van der Waals surface area contributed by atoms with Crippen molar-refractivity contribution in [2.24, 2.45) is 13.0 Å². The maximum Gasteiger partial charge on any atom is 0.230 e. The van der Waals surface area contributed by atoms with Gasteiger partial charge in [0.05, 0.1) is 36.0 Å². The lowest BCUT2D eigenvalue weighted by molar-refractivity contribution is -0.119. The number of carbonyl (C=O) groups excluding carboxylic acids is 1. The van der Waals surface area contributed by atoms with E-state index in [9.17, 15) is 4.79 Å². The van der Waals surface area contributed by atoms with Crippen LogP contribution in [0.2, 0.25) is 0 Å². The van der Waals surface area contributed by atoms with E-state index in [-0.39, 0.29) is 17.9 Å². The standard InChI is InChI=1S/C23H27N3O3S/c1-15(2)22(16-9-10-19-20(13-16)29-12-6-11-28-19)25-21(27)14-30-23-24-17-7-4-5-8-18(17)26(23)3/h4-5,7-10,13,15,22H,6,11-12,14H2,1-3H3,(H,25,27)/t22-/m0/s1. The van der Waals surface area contributed by atoms with Gasteiger partial charge < -0.3 is 19.4 Å². The van der Waals surface area contributed by atoms with E-state index in [0.717, 1.165) is 39.7 Å². The molecule has 0 aliphatic carbocycles. The van der Waals surface area contributed by atoms with Crippen LogP contribution in [0, 0.1) is 5.92 Å². The van der Waals surface area contributed by atoms with Crippen molar-refractivity contribution in [3.8, 4) is 11.5 Å². The minimum atomic E-state index is -0.101. The second-order valence-electron chi connectivity index (χ2n) is 7.78. The Kier molecular flexibility index (Phi) is 6.18. The number of ether oxygens (including phenoxy) is 2. The first-order valence-electron chi connectivity index (χ1n) is 10.3. The van der Waals surface area contributed by atoms with Crippen molar-refractivity contribution in [1.82, 2.24) is 14.9 Å². The molecule has 0 radical (unpaired) electrons. The predicted octanol–water partition coefficient (Wildman–Crippen LogP) is 4.34. The van der Waals surface area contributed by atoms with E-state index in [2.05, 4.69) is 24.1 Å². The lowest BCUT2D eigenvalue weighted by Crippen LogP contribution is -2.33. The molecule has 0 fully saturated rings. The summed E-state index contributed by atoms with van der Waals surface area (Å²) in [5.74, 6) is 2.05. The number of imidazole rings is 1. The van der Waals surface area contributed by atoms with Gasteiger partial charge in [-0.25, -0.2) is 4.98 Å². The monoisotopic (exact) mass is 425 g/mol. The van der Waals surface area contributed by atoms with Crippen LogP contribution in [0.15, 0.2) is 47.6 Å². The quantitative estimate of drug-likeness (QED) is 0.595. The molecule has 6 nitrogen and oxygen atoms in total. The third kappa shape index (κ3) is 4.41. The molecule has 2 aromatic carbocycles. The summed E-state index contributed by atoms with van der Waals surface area (Å²) in [5.41, 5.74) is 3.03. The molecule has 1 aliphatic rings. The van der Waals surface area contributed by atoms with Gasteiger partial charge in [-0.15, -0.1) is 0 Å². The maximum absolute atomic E-state index is 12.7. The number of aryl methyl sites for hydroxylation is 1. The zero-order valence-electron chi connectivity index (χ0n) is 17.6. The van der Waals surface area contributed by atoms with E-state index in [4.69, 9.17) is 9.47 Å². The van der Waals surface area contributed by atoms with Crippen molar-refractivity contribution in [2.75, 3.05) is 19.0 Å². The minimum Gasteiger partial charge on any atom is -0.490 e. The Labute approximate surface area is 181 Å². The molecule has 1 aliphatic heterocycles. The molecule has 7 heteroatoms. The molecular weight excluding hydrogens is 398 g/mol. The van der Waals surface area contributed by atoms with Crippen molar-refractivity contribution in [1.29, 1.82) is 0 Å². The molecule has 30 heavy (non-hydrogen) atoms. The summed E-state index contributed by atoms with van der Waals surface area (Å²) < 4.78 is 13.6. The Bertz CT molecular complexity index is 1050. The van der Waals surface area contributed by atoms with E-state index in [1.54, 1.807) is 0 Å². The topological polar surface area (TPSA) is 65.4 Å². The van der Waals surface area contributed by atoms with Crippen molar-refractivity contribution in [3.05, 3.63) is 48.0 Å². The van der Waals surface area contributed by atoms with Crippen LogP contribution >= 0.6 is 11.8 Å². The molecule has 2 heterocycles. The highest BCUT2D eigenvalue weighted by atomic mass is 32.2. The van der Waals surface area contributed by atoms with E-state index in [1.807, 2.05) is 54.1 Å². The largest absolute Gasteiger partial charge is 0.490 e. The first-order valence-corrected chi connectivity index (χ1v) is 11.2. The van der Waals surface area contributed by atoms with Gasteiger partial charge in [-0.2, -0.15) is 0 Å². The number of benzene rings is 2. The third-order valence-electron chi connectivity index (χ3n) is 5.19. The Morgan fingerprint density at radius 1 is 1.17 bits per heavy atom. The molecule has 0 spiro atoms. The first-order chi connectivity index (χ1) is 14.5. The fourth-order valence-corrected chi connectivity index (χ4v) is 4.40. The van der Waals surface area contributed by atoms with Gasteiger partial charge in [-0.05, 0) is 35.7 Å². The smallest absolute Gasteiger partial charge is 0.230 e. The minimum absolute atomic E-state index is 0.0159. The average molecular weight is 426 g/mol.